The third-order valence-corrected chi connectivity index (χ3v) is 5.02. The molecule has 2 unspecified atom stereocenters. The number of piperazine rings is 1. The Balaban J connectivity index is 1.82. The van der Waals surface area contributed by atoms with Crippen molar-refractivity contribution in [2.24, 2.45) is 0 Å². The molecular weight excluding hydrogens is 304 g/mol. The molecule has 0 N–H and O–H groups in total. The number of fused-ring (bicyclic) bond motifs is 1. The highest BCUT2D eigenvalue weighted by atomic mass is 79.9. The molecular formula is C15H21BrN2O. The first-order valence-corrected chi connectivity index (χ1v) is 7.82. The van der Waals surface area contributed by atoms with Crippen LogP contribution in [0.25, 0.3) is 0 Å². The molecule has 19 heavy (non-hydrogen) atoms. The van der Waals surface area contributed by atoms with Crippen molar-refractivity contribution < 1.29 is 4.74 Å². The number of nitrogens with zero attached hydrogens (tertiary/aromatic N) is 2. The van der Waals surface area contributed by atoms with Crippen molar-refractivity contribution in [1.29, 1.82) is 0 Å². The van der Waals surface area contributed by atoms with Crippen LogP contribution >= 0.6 is 15.9 Å². The van der Waals surface area contributed by atoms with E-state index in [1.165, 1.54) is 31.6 Å². The average Bonchev–Trinajstić information content (AvgIpc) is 2.84. The average molecular weight is 325 g/mol. The van der Waals surface area contributed by atoms with E-state index in [4.69, 9.17) is 4.74 Å². The molecule has 2 heterocycles. The van der Waals surface area contributed by atoms with Crippen LogP contribution in [0.1, 0.15) is 19.8 Å². The lowest BCUT2D eigenvalue weighted by atomic mass is 10.1. The Bertz CT molecular complexity index is 465. The Morgan fingerprint density at radius 2 is 2.16 bits per heavy atom. The monoisotopic (exact) mass is 324 g/mol. The Hall–Kier alpha value is -0.740. The minimum absolute atomic E-state index is 0.578. The minimum Gasteiger partial charge on any atom is -0.496 e. The van der Waals surface area contributed by atoms with Gasteiger partial charge >= 0.3 is 0 Å². The van der Waals surface area contributed by atoms with Crippen molar-refractivity contribution in [3.63, 3.8) is 0 Å². The quantitative estimate of drug-likeness (QED) is 0.831. The second-order valence-electron chi connectivity index (χ2n) is 5.61. The molecule has 3 rings (SSSR count). The van der Waals surface area contributed by atoms with Gasteiger partial charge in [-0.25, -0.2) is 0 Å². The summed E-state index contributed by atoms with van der Waals surface area (Å²) in [5, 5.41) is 0. The summed E-state index contributed by atoms with van der Waals surface area (Å²) in [6.07, 6.45) is 2.71. The number of rotatable bonds is 2. The first-order valence-electron chi connectivity index (χ1n) is 7.03. The number of benzene rings is 1. The fraction of sp³-hybridized carbons (Fsp3) is 0.600. The van der Waals surface area contributed by atoms with Gasteiger partial charge in [0, 0.05) is 30.9 Å². The molecule has 2 aliphatic heterocycles. The summed E-state index contributed by atoms with van der Waals surface area (Å²) in [5.74, 6) is 0.899. The van der Waals surface area contributed by atoms with Crippen LogP contribution in [-0.4, -0.2) is 43.7 Å². The maximum Gasteiger partial charge on any atom is 0.133 e. The van der Waals surface area contributed by atoms with Crippen LogP contribution in [-0.2, 0) is 0 Å². The fourth-order valence-corrected chi connectivity index (χ4v) is 3.91. The molecule has 1 aromatic rings. The van der Waals surface area contributed by atoms with Crippen molar-refractivity contribution in [3.8, 4) is 5.75 Å². The van der Waals surface area contributed by atoms with Gasteiger partial charge in [-0.05, 0) is 60.4 Å². The van der Waals surface area contributed by atoms with Crippen molar-refractivity contribution in [2.75, 3.05) is 31.6 Å². The van der Waals surface area contributed by atoms with Crippen LogP contribution in [0.15, 0.2) is 22.7 Å². The molecule has 4 heteroatoms. The predicted octanol–water partition coefficient (Wildman–Crippen LogP) is 3.13. The number of halogens is 1. The number of methoxy groups -OCH3 is 1. The molecule has 2 saturated heterocycles. The van der Waals surface area contributed by atoms with E-state index in [0.717, 1.165) is 22.8 Å². The highest BCUT2D eigenvalue weighted by Gasteiger charge is 2.34. The van der Waals surface area contributed by atoms with E-state index in [-0.39, 0.29) is 0 Å². The zero-order valence-corrected chi connectivity index (χ0v) is 13.2. The Morgan fingerprint density at radius 1 is 1.32 bits per heavy atom. The van der Waals surface area contributed by atoms with Crippen molar-refractivity contribution in [2.45, 2.75) is 31.8 Å². The van der Waals surface area contributed by atoms with E-state index in [2.05, 4.69) is 44.8 Å². The van der Waals surface area contributed by atoms with Gasteiger partial charge in [0.15, 0.2) is 0 Å². The van der Waals surface area contributed by atoms with Crippen LogP contribution in [0.5, 0.6) is 5.75 Å². The molecule has 3 nitrogen and oxygen atoms in total. The van der Waals surface area contributed by atoms with Gasteiger partial charge in [0.05, 0.1) is 11.6 Å². The molecule has 0 radical (unpaired) electrons. The van der Waals surface area contributed by atoms with E-state index in [9.17, 15) is 0 Å². The van der Waals surface area contributed by atoms with Gasteiger partial charge in [0.2, 0.25) is 0 Å². The summed E-state index contributed by atoms with van der Waals surface area (Å²) >= 11 is 3.59. The van der Waals surface area contributed by atoms with Crippen LogP contribution < -0.4 is 9.64 Å². The first-order chi connectivity index (χ1) is 9.19. The molecule has 2 fully saturated rings. The van der Waals surface area contributed by atoms with Crippen molar-refractivity contribution in [3.05, 3.63) is 22.7 Å². The highest BCUT2D eigenvalue weighted by molar-refractivity contribution is 9.10. The summed E-state index contributed by atoms with van der Waals surface area (Å²) in [6.45, 7) is 5.95. The molecule has 0 bridgehead atoms. The maximum atomic E-state index is 5.31. The van der Waals surface area contributed by atoms with E-state index in [0.29, 0.717) is 6.04 Å². The second kappa shape index (κ2) is 5.33. The largest absolute Gasteiger partial charge is 0.496 e. The number of ether oxygens (including phenoxy) is 1. The predicted molar refractivity (Wildman–Crippen MR) is 82.1 cm³/mol. The molecule has 0 saturated carbocycles. The Labute approximate surface area is 123 Å². The van der Waals surface area contributed by atoms with Gasteiger partial charge in [-0.2, -0.15) is 0 Å². The number of hydrogen-bond acceptors (Lipinski definition) is 3. The smallest absolute Gasteiger partial charge is 0.133 e. The number of hydrogen-bond donors (Lipinski definition) is 0. The van der Waals surface area contributed by atoms with Crippen LogP contribution in [0.4, 0.5) is 5.69 Å². The molecule has 104 valence electrons. The molecule has 0 aliphatic carbocycles. The maximum absolute atomic E-state index is 5.31. The van der Waals surface area contributed by atoms with Crippen molar-refractivity contribution >= 4 is 21.6 Å². The standard InChI is InChI=1S/C15H21BrN2O/c1-11-9-17-7-3-4-13(17)10-18(11)12-5-6-15(19-2)14(16)8-12/h5-6,8,11,13H,3-4,7,9-10H2,1-2H3. The van der Waals surface area contributed by atoms with E-state index in [1.807, 2.05) is 6.07 Å². The van der Waals surface area contributed by atoms with Crippen LogP contribution in [0, 0.1) is 0 Å². The van der Waals surface area contributed by atoms with Gasteiger partial charge in [0.25, 0.3) is 0 Å². The second-order valence-corrected chi connectivity index (χ2v) is 6.47. The normalized spacial score (nSPS) is 27.4. The van der Waals surface area contributed by atoms with Gasteiger partial charge in [-0.1, -0.05) is 0 Å². The fourth-order valence-electron chi connectivity index (χ4n) is 3.38. The highest BCUT2D eigenvalue weighted by Crippen LogP contribution is 2.33. The molecule has 2 aliphatic rings. The van der Waals surface area contributed by atoms with Gasteiger partial charge < -0.3 is 9.64 Å². The first kappa shape index (κ1) is 13.3. The van der Waals surface area contributed by atoms with Gasteiger partial charge in [-0.3, -0.25) is 4.90 Å². The molecule has 2 atom stereocenters. The lowest BCUT2D eigenvalue weighted by Gasteiger charge is -2.43. The van der Waals surface area contributed by atoms with Gasteiger partial charge in [-0.15, -0.1) is 0 Å². The molecule has 0 aromatic heterocycles. The topological polar surface area (TPSA) is 15.7 Å². The summed E-state index contributed by atoms with van der Waals surface area (Å²) in [7, 11) is 1.71. The Morgan fingerprint density at radius 3 is 2.89 bits per heavy atom. The summed E-state index contributed by atoms with van der Waals surface area (Å²) in [6, 6.07) is 7.73. The van der Waals surface area contributed by atoms with Gasteiger partial charge in [0.1, 0.15) is 5.75 Å². The SMILES string of the molecule is COc1ccc(N2CC3CCCN3CC2C)cc1Br. The molecule has 0 spiro atoms. The Kier molecular flexibility index (Phi) is 3.72. The summed E-state index contributed by atoms with van der Waals surface area (Å²) < 4.78 is 6.35. The zero-order valence-electron chi connectivity index (χ0n) is 11.6. The lowest BCUT2D eigenvalue weighted by molar-refractivity contribution is 0.203. The summed E-state index contributed by atoms with van der Waals surface area (Å²) in [4.78, 5) is 5.19. The molecule has 0 amide bonds. The van der Waals surface area contributed by atoms with E-state index < -0.39 is 0 Å². The third-order valence-electron chi connectivity index (χ3n) is 4.40. The van der Waals surface area contributed by atoms with Crippen LogP contribution in [0.2, 0.25) is 0 Å². The lowest BCUT2D eigenvalue weighted by Crippen LogP contribution is -2.55. The van der Waals surface area contributed by atoms with E-state index in [1.54, 1.807) is 7.11 Å². The summed E-state index contributed by atoms with van der Waals surface area (Å²) in [5.41, 5.74) is 1.30. The number of anilines is 1. The minimum atomic E-state index is 0.578. The van der Waals surface area contributed by atoms with E-state index >= 15 is 0 Å². The van der Waals surface area contributed by atoms with Crippen LogP contribution in [0.3, 0.4) is 0 Å². The molecule has 1 aromatic carbocycles. The third kappa shape index (κ3) is 2.48. The van der Waals surface area contributed by atoms with Crippen molar-refractivity contribution in [1.82, 2.24) is 4.90 Å². The zero-order chi connectivity index (χ0) is 13.4.